The molecule has 186 valence electrons. The Bertz CT molecular complexity index is 1250. The van der Waals surface area contributed by atoms with Gasteiger partial charge in [0.05, 0.1) is 30.6 Å². The van der Waals surface area contributed by atoms with Crippen LogP contribution in [0, 0.1) is 5.92 Å². The van der Waals surface area contributed by atoms with Gasteiger partial charge in [-0.15, -0.1) is 0 Å². The predicted molar refractivity (Wildman–Crippen MR) is 137 cm³/mol. The van der Waals surface area contributed by atoms with Crippen molar-refractivity contribution in [2.45, 2.75) is 32.4 Å². The Morgan fingerprint density at radius 3 is 2.31 bits per heavy atom. The highest BCUT2D eigenvalue weighted by atomic mass is 35.5. The lowest BCUT2D eigenvalue weighted by molar-refractivity contribution is -0.126. The van der Waals surface area contributed by atoms with Crippen molar-refractivity contribution in [2.24, 2.45) is 5.92 Å². The third kappa shape index (κ3) is 4.29. The summed E-state index contributed by atoms with van der Waals surface area (Å²) in [6.07, 6.45) is -0.0862. The van der Waals surface area contributed by atoms with Crippen molar-refractivity contribution in [3.8, 4) is 11.5 Å². The standard InChI is InChI=1S/C28H27ClN2O5/c1-3-16-35-22-15-10-18(17-23(22)34-4-2)25-24-26(36-31(25)21-8-6-5-7-9-21)28(33)30(27(24)32)20-13-11-19(29)12-14-20/h5-15,17,24-26H,3-4,16H2,1-2H3/t24-,25+,26+/m1/s1. The Kier molecular flexibility index (Phi) is 6.85. The average Bonchev–Trinajstić information content (AvgIpc) is 3.40. The smallest absolute Gasteiger partial charge is 0.266 e. The van der Waals surface area contributed by atoms with Gasteiger partial charge in [-0.05, 0) is 67.4 Å². The molecule has 5 rings (SSSR count). The number of ether oxygens (including phenoxy) is 2. The van der Waals surface area contributed by atoms with Crippen LogP contribution in [-0.2, 0) is 14.4 Å². The van der Waals surface area contributed by atoms with E-state index < -0.39 is 24.0 Å². The van der Waals surface area contributed by atoms with Crippen LogP contribution in [0.25, 0.3) is 0 Å². The summed E-state index contributed by atoms with van der Waals surface area (Å²) in [6, 6.07) is 21.2. The van der Waals surface area contributed by atoms with Crippen molar-refractivity contribution >= 4 is 34.8 Å². The molecule has 0 N–H and O–H groups in total. The van der Waals surface area contributed by atoms with Gasteiger partial charge < -0.3 is 9.47 Å². The van der Waals surface area contributed by atoms with E-state index in [4.69, 9.17) is 25.9 Å². The molecule has 0 radical (unpaired) electrons. The fourth-order valence-electron chi connectivity index (χ4n) is 4.71. The van der Waals surface area contributed by atoms with Crippen LogP contribution in [-0.4, -0.2) is 31.1 Å². The van der Waals surface area contributed by atoms with Crippen molar-refractivity contribution in [1.82, 2.24) is 0 Å². The fourth-order valence-corrected chi connectivity index (χ4v) is 4.83. The van der Waals surface area contributed by atoms with E-state index in [1.165, 1.54) is 4.90 Å². The molecule has 36 heavy (non-hydrogen) atoms. The van der Waals surface area contributed by atoms with Crippen LogP contribution in [0.15, 0.2) is 72.8 Å². The van der Waals surface area contributed by atoms with Crippen LogP contribution in [0.4, 0.5) is 11.4 Å². The normalized spacial score (nSPS) is 21.1. The monoisotopic (exact) mass is 506 g/mol. The van der Waals surface area contributed by atoms with Crippen molar-refractivity contribution < 1.29 is 23.9 Å². The topological polar surface area (TPSA) is 68.3 Å². The summed E-state index contributed by atoms with van der Waals surface area (Å²) in [5, 5.41) is 2.19. The van der Waals surface area contributed by atoms with Crippen LogP contribution < -0.4 is 19.4 Å². The zero-order valence-electron chi connectivity index (χ0n) is 20.1. The Morgan fingerprint density at radius 1 is 0.861 bits per heavy atom. The summed E-state index contributed by atoms with van der Waals surface area (Å²) in [5.74, 6) is -0.235. The van der Waals surface area contributed by atoms with Crippen LogP contribution in [0.3, 0.4) is 0 Å². The van der Waals surface area contributed by atoms with Gasteiger partial charge in [0.2, 0.25) is 5.91 Å². The summed E-state index contributed by atoms with van der Waals surface area (Å²) in [7, 11) is 0. The van der Waals surface area contributed by atoms with E-state index in [0.29, 0.717) is 35.4 Å². The summed E-state index contributed by atoms with van der Waals surface area (Å²) in [6.45, 7) is 4.97. The second kappa shape index (κ2) is 10.2. The molecule has 0 aliphatic carbocycles. The quantitative estimate of drug-likeness (QED) is 0.372. The van der Waals surface area contributed by atoms with Crippen molar-refractivity contribution in [1.29, 1.82) is 0 Å². The van der Waals surface area contributed by atoms with E-state index in [9.17, 15) is 9.59 Å². The average molecular weight is 507 g/mol. The number of imide groups is 1. The molecular formula is C28H27ClN2O5. The number of fused-ring (bicyclic) bond motifs is 1. The highest BCUT2D eigenvalue weighted by molar-refractivity contribution is 6.31. The molecule has 2 heterocycles. The summed E-state index contributed by atoms with van der Waals surface area (Å²) < 4.78 is 11.7. The number of hydroxylamine groups is 1. The second-order valence-electron chi connectivity index (χ2n) is 8.63. The molecular weight excluding hydrogens is 480 g/mol. The molecule has 0 saturated carbocycles. The first-order chi connectivity index (χ1) is 17.5. The maximum absolute atomic E-state index is 13.8. The lowest BCUT2D eigenvalue weighted by atomic mass is 9.90. The number of hydrogen-bond acceptors (Lipinski definition) is 6. The molecule has 2 fully saturated rings. The second-order valence-corrected chi connectivity index (χ2v) is 9.07. The first kappa shape index (κ1) is 24.2. The van der Waals surface area contributed by atoms with E-state index in [1.807, 2.05) is 62.4 Å². The molecule has 8 heteroatoms. The van der Waals surface area contributed by atoms with E-state index in [1.54, 1.807) is 29.3 Å². The lowest BCUT2D eigenvalue weighted by Crippen LogP contribution is -2.37. The van der Waals surface area contributed by atoms with Crippen LogP contribution in [0.5, 0.6) is 11.5 Å². The summed E-state index contributed by atoms with van der Waals surface area (Å²) >= 11 is 6.02. The zero-order chi connectivity index (χ0) is 25.2. The van der Waals surface area contributed by atoms with Gasteiger partial charge in [0.25, 0.3) is 5.91 Å². The molecule has 3 aromatic rings. The van der Waals surface area contributed by atoms with E-state index >= 15 is 0 Å². The third-order valence-electron chi connectivity index (χ3n) is 6.28. The molecule has 2 aliphatic rings. The van der Waals surface area contributed by atoms with Crippen molar-refractivity contribution in [3.05, 3.63) is 83.4 Å². The van der Waals surface area contributed by atoms with Gasteiger partial charge in [-0.1, -0.05) is 42.8 Å². The number of carbonyl (C=O) groups excluding carboxylic acids is 2. The molecule has 7 nitrogen and oxygen atoms in total. The lowest BCUT2D eigenvalue weighted by Gasteiger charge is -2.29. The first-order valence-electron chi connectivity index (χ1n) is 12.1. The molecule has 2 saturated heterocycles. The number of amides is 2. The van der Waals surface area contributed by atoms with E-state index in [2.05, 4.69) is 0 Å². The number of benzene rings is 3. The van der Waals surface area contributed by atoms with Crippen LogP contribution in [0.1, 0.15) is 31.9 Å². The summed E-state index contributed by atoms with van der Waals surface area (Å²) in [5.41, 5.74) is 2.01. The first-order valence-corrected chi connectivity index (χ1v) is 12.4. The molecule has 2 amide bonds. The Labute approximate surface area is 215 Å². The SMILES string of the molecule is CCCOc1ccc([C@H]2[C@H]3C(=O)N(c4ccc(Cl)cc4)C(=O)[C@H]3ON2c2ccccc2)cc1OCC. The maximum atomic E-state index is 13.8. The number of carbonyl (C=O) groups is 2. The number of para-hydroxylation sites is 1. The van der Waals surface area contributed by atoms with Gasteiger partial charge >= 0.3 is 0 Å². The number of halogens is 1. The van der Waals surface area contributed by atoms with Crippen molar-refractivity contribution in [3.63, 3.8) is 0 Å². The Hall–Kier alpha value is -3.55. The Balaban J connectivity index is 1.57. The number of hydrogen-bond donors (Lipinski definition) is 0. The van der Waals surface area contributed by atoms with Gasteiger partial charge in [0.1, 0.15) is 5.92 Å². The number of rotatable bonds is 8. The fraction of sp³-hybridized carbons (Fsp3) is 0.286. The third-order valence-corrected chi connectivity index (χ3v) is 6.53. The minimum atomic E-state index is -0.954. The highest BCUT2D eigenvalue weighted by Gasteiger charge is 2.60. The number of nitrogens with zero attached hydrogens (tertiary/aromatic N) is 2. The van der Waals surface area contributed by atoms with E-state index in [0.717, 1.165) is 17.7 Å². The van der Waals surface area contributed by atoms with Crippen molar-refractivity contribution in [2.75, 3.05) is 23.2 Å². The number of anilines is 2. The van der Waals surface area contributed by atoms with Gasteiger partial charge in [0.15, 0.2) is 17.6 Å². The maximum Gasteiger partial charge on any atom is 0.266 e. The minimum absolute atomic E-state index is 0.319. The summed E-state index contributed by atoms with van der Waals surface area (Å²) in [4.78, 5) is 34.6. The molecule has 0 bridgehead atoms. The Morgan fingerprint density at radius 2 is 1.61 bits per heavy atom. The molecule has 0 aromatic heterocycles. The van der Waals surface area contributed by atoms with Gasteiger partial charge in [-0.25, -0.2) is 9.96 Å². The zero-order valence-corrected chi connectivity index (χ0v) is 20.9. The highest BCUT2D eigenvalue weighted by Crippen LogP contribution is 2.48. The van der Waals surface area contributed by atoms with Gasteiger partial charge in [-0.2, -0.15) is 0 Å². The van der Waals surface area contributed by atoms with Crippen LogP contribution >= 0.6 is 11.6 Å². The molecule has 3 atom stereocenters. The van der Waals surface area contributed by atoms with Gasteiger partial charge in [-0.3, -0.25) is 14.4 Å². The predicted octanol–water partition coefficient (Wildman–Crippen LogP) is 5.58. The van der Waals surface area contributed by atoms with Gasteiger partial charge in [0, 0.05) is 5.02 Å². The minimum Gasteiger partial charge on any atom is -0.490 e. The van der Waals surface area contributed by atoms with Crippen LogP contribution in [0.2, 0.25) is 5.02 Å². The molecule has 0 unspecified atom stereocenters. The molecule has 3 aromatic carbocycles. The molecule has 2 aliphatic heterocycles. The largest absolute Gasteiger partial charge is 0.490 e. The van der Waals surface area contributed by atoms with E-state index in [-0.39, 0.29) is 5.91 Å². The molecule has 0 spiro atoms.